The van der Waals surface area contributed by atoms with Crippen LogP contribution in [-0.4, -0.2) is 35.1 Å². The summed E-state index contributed by atoms with van der Waals surface area (Å²) in [4.78, 5) is 11.3. The number of thioether (sulfide) groups is 1. The van der Waals surface area contributed by atoms with Crippen molar-refractivity contribution in [1.29, 1.82) is 0 Å². The molecule has 1 atom stereocenters. The van der Waals surface area contributed by atoms with Crippen molar-refractivity contribution in [2.24, 2.45) is 0 Å². The van der Waals surface area contributed by atoms with Crippen molar-refractivity contribution in [3.05, 3.63) is 17.7 Å². The molecule has 5 heteroatoms. The summed E-state index contributed by atoms with van der Waals surface area (Å²) >= 11 is 7.92. The molecule has 0 amide bonds. The summed E-state index contributed by atoms with van der Waals surface area (Å²) in [6.07, 6.45) is 5.19. The molecule has 0 saturated carbocycles. The molecule has 19 heavy (non-hydrogen) atoms. The molecule has 0 aliphatic carbocycles. The maximum atomic E-state index is 6.04. The van der Waals surface area contributed by atoms with Gasteiger partial charge in [0.2, 0.25) is 0 Å². The molecule has 0 bridgehead atoms. The molecule has 1 aromatic heterocycles. The third-order valence-electron chi connectivity index (χ3n) is 3.29. The molecule has 3 nitrogen and oxygen atoms in total. The standard InChI is InChI=1S/C14H24ClN3S/c1-10(2)14-16-9-13(12(8-15)17-14)18(4)11(3)6-7-19-5/h9-11H,6-8H2,1-5H3. The summed E-state index contributed by atoms with van der Waals surface area (Å²) in [5.74, 6) is 2.78. The van der Waals surface area contributed by atoms with Gasteiger partial charge in [-0.15, -0.1) is 11.6 Å². The van der Waals surface area contributed by atoms with Crippen molar-refractivity contribution in [3.8, 4) is 0 Å². The van der Waals surface area contributed by atoms with Gasteiger partial charge in [0.1, 0.15) is 5.82 Å². The molecular formula is C14H24ClN3S. The van der Waals surface area contributed by atoms with E-state index in [4.69, 9.17) is 11.6 Å². The van der Waals surface area contributed by atoms with E-state index in [0.717, 1.165) is 29.4 Å². The molecule has 0 radical (unpaired) electrons. The second kappa shape index (κ2) is 7.95. The zero-order valence-corrected chi connectivity index (χ0v) is 14.1. The highest BCUT2D eigenvalue weighted by Gasteiger charge is 2.16. The molecule has 108 valence electrons. The molecule has 1 heterocycles. The highest BCUT2D eigenvalue weighted by molar-refractivity contribution is 7.98. The number of hydrogen-bond acceptors (Lipinski definition) is 4. The van der Waals surface area contributed by atoms with Crippen molar-refractivity contribution in [3.63, 3.8) is 0 Å². The molecule has 0 saturated heterocycles. The monoisotopic (exact) mass is 301 g/mol. The van der Waals surface area contributed by atoms with E-state index < -0.39 is 0 Å². The van der Waals surface area contributed by atoms with Gasteiger partial charge in [0, 0.05) is 19.0 Å². The van der Waals surface area contributed by atoms with Gasteiger partial charge in [-0.05, 0) is 25.4 Å². The van der Waals surface area contributed by atoms with Crippen LogP contribution >= 0.6 is 23.4 Å². The van der Waals surface area contributed by atoms with Gasteiger partial charge in [0.25, 0.3) is 0 Å². The lowest BCUT2D eigenvalue weighted by Crippen LogP contribution is -2.30. The molecule has 0 aliphatic heterocycles. The minimum Gasteiger partial charge on any atom is -0.369 e. The Kier molecular flexibility index (Phi) is 6.94. The lowest BCUT2D eigenvalue weighted by atomic mass is 10.2. The second-order valence-corrected chi connectivity index (χ2v) is 6.34. The minimum absolute atomic E-state index is 0.329. The predicted molar refractivity (Wildman–Crippen MR) is 86.5 cm³/mol. The number of hydrogen-bond donors (Lipinski definition) is 0. The smallest absolute Gasteiger partial charge is 0.131 e. The van der Waals surface area contributed by atoms with Crippen LogP contribution in [0.25, 0.3) is 0 Å². The molecule has 0 N–H and O–H groups in total. The van der Waals surface area contributed by atoms with E-state index in [1.807, 2.05) is 18.0 Å². The molecule has 1 unspecified atom stereocenters. The molecule has 0 spiro atoms. The first-order valence-corrected chi connectivity index (χ1v) is 8.57. The molecule has 1 rings (SSSR count). The third-order valence-corrected chi connectivity index (χ3v) is 4.19. The van der Waals surface area contributed by atoms with E-state index in [-0.39, 0.29) is 0 Å². The van der Waals surface area contributed by atoms with Crippen LogP contribution in [0.5, 0.6) is 0 Å². The lowest BCUT2D eigenvalue weighted by molar-refractivity contribution is 0.660. The number of alkyl halides is 1. The fourth-order valence-corrected chi connectivity index (χ4v) is 2.59. The van der Waals surface area contributed by atoms with Crippen LogP contribution in [-0.2, 0) is 5.88 Å². The Morgan fingerprint density at radius 3 is 2.58 bits per heavy atom. The van der Waals surface area contributed by atoms with Crippen LogP contribution < -0.4 is 4.90 Å². The van der Waals surface area contributed by atoms with Crippen LogP contribution in [0.3, 0.4) is 0 Å². The van der Waals surface area contributed by atoms with Crippen LogP contribution in [0.2, 0.25) is 0 Å². The summed E-state index contributed by atoms with van der Waals surface area (Å²) < 4.78 is 0. The van der Waals surface area contributed by atoms with E-state index in [1.54, 1.807) is 0 Å². The first-order valence-electron chi connectivity index (χ1n) is 6.64. The molecule has 1 aromatic rings. The third kappa shape index (κ3) is 4.53. The SMILES string of the molecule is CSCCC(C)N(C)c1cnc(C(C)C)nc1CCl. The molecular weight excluding hydrogens is 278 g/mol. The summed E-state index contributed by atoms with van der Waals surface area (Å²) in [7, 11) is 2.09. The van der Waals surface area contributed by atoms with Crippen molar-refractivity contribution in [2.45, 2.75) is 45.0 Å². The fraction of sp³-hybridized carbons (Fsp3) is 0.714. The topological polar surface area (TPSA) is 29.0 Å². The van der Waals surface area contributed by atoms with Gasteiger partial charge in [-0.1, -0.05) is 13.8 Å². The highest BCUT2D eigenvalue weighted by atomic mass is 35.5. The zero-order valence-electron chi connectivity index (χ0n) is 12.5. The molecule has 0 aromatic carbocycles. The van der Waals surface area contributed by atoms with Crippen LogP contribution in [0.4, 0.5) is 5.69 Å². The Hall–Kier alpha value is -0.480. The Morgan fingerprint density at radius 2 is 2.05 bits per heavy atom. The average Bonchev–Trinajstić information content (AvgIpc) is 2.42. The number of anilines is 1. The summed E-state index contributed by atoms with van der Waals surface area (Å²) in [6, 6.07) is 0.461. The minimum atomic E-state index is 0.329. The molecule has 0 fully saturated rings. The summed E-state index contributed by atoms with van der Waals surface area (Å²) in [5.41, 5.74) is 1.98. The first kappa shape index (κ1) is 16.6. The van der Waals surface area contributed by atoms with Gasteiger partial charge in [-0.2, -0.15) is 11.8 Å². The normalized spacial score (nSPS) is 12.8. The Bertz CT molecular complexity index is 398. The highest BCUT2D eigenvalue weighted by Crippen LogP contribution is 2.23. The quantitative estimate of drug-likeness (QED) is 0.714. The van der Waals surface area contributed by atoms with Gasteiger partial charge in [-0.25, -0.2) is 9.97 Å². The van der Waals surface area contributed by atoms with Crippen molar-refractivity contribution in [2.75, 3.05) is 24.0 Å². The number of aromatic nitrogens is 2. The van der Waals surface area contributed by atoms with E-state index in [0.29, 0.717) is 17.8 Å². The van der Waals surface area contributed by atoms with E-state index >= 15 is 0 Å². The lowest BCUT2D eigenvalue weighted by Gasteiger charge is -2.28. The first-order chi connectivity index (χ1) is 9.01. The van der Waals surface area contributed by atoms with Crippen LogP contribution in [0.15, 0.2) is 6.20 Å². The van der Waals surface area contributed by atoms with Gasteiger partial charge >= 0.3 is 0 Å². The number of rotatable bonds is 7. The molecule has 0 aliphatic rings. The Labute approximate surface area is 126 Å². The second-order valence-electron chi connectivity index (χ2n) is 5.09. The van der Waals surface area contributed by atoms with Crippen LogP contribution in [0, 0.1) is 0 Å². The fourth-order valence-electron chi connectivity index (χ4n) is 1.82. The van der Waals surface area contributed by atoms with Crippen molar-refractivity contribution >= 4 is 29.1 Å². The maximum absolute atomic E-state index is 6.04. The van der Waals surface area contributed by atoms with E-state index in [9.17, 15) is 0 Å². The van der Waals surface area contributed by atoms with E-state index in [1.165, 1.54) is 0 Å². The Balaban J connectivity index is 2.92. The van der Waals surface area contributed by atoms with Gasteiger partial charge in [0.05, 0.1) is 23.5 Å². The maximum Gasteiger partial charge on any atom is 0.131 e. The Morgan fingerprint density at radius 1 is 1.37 bits per heavy atom. The van der Waals surface area contributed by atoms with Crippen LogP contribution in [0.1, 0.15) is 44.6 Å². The van der Waals surface area contributed by atoms with Gasteiger partial charge in [0.15, 0.2) is 0 Å². The predicted octanol–water partition coefficient (Wildman–Crippen LogP) is 3.92. The number of halogens is 1. The average molecular weight is 302 g/mol. The van der Waals surface area contributed by atoms with Gasteiger partial charge < -0.3 is 4.90 Å². The van der Waals surface area contributed by atoms with E-state index in [2.05, 4.69) is 48.9 Å². The summed E-state index contributed by atoms with van der Waals surface area (Å²) in [5, 5.41) is 0. The van der Waals surface area contributed by atoms with Gasteiger partial charge in [-0.3, -0.25) is 0 Å². The summed E-state index contributed by atoms with van der Waals surface area (Å²) in [6.45, 7) is 6.42. The van der Waals surface area contributed by atoms with Crippen molar-refractivity contribution in [1.82, 2.24) is 9.97 Å². The number of nitrogens with zero attached hydrogens (tertiary/aromatic N) is 3. The van der Waals surface area contributed by atoms with Crippen molar-refractivity contribution < 1.29 is 0 Å². The zero-order chi connectivity index (χ0) is 14.4. The largest absolute Gasteiger partial charge is 0.369 e.